The minimum Gasteiger partial charge on any atom is -0.441 e. The van der Waals surface area contributed by atoms with E-state index in [1.54, 1.807) is 24.3 Å². The molecule has 28 heavy (non-hydrogen) atoms. The summed E-state index contributed by atoms with van der Waals surface area (Å²) >= 11 is 0. The first-order valence-corrected chi connectivity index (χ1v) is 9.70. The smallest absolute Gasteiger partial charge is 0.230 e. The lowest BCUT2D eigenvalue weighted by Gasteiger charge is -2.04. The van der Waals surface area contributed by atoms with Gasteiger partial charge in [-0.1, -0.05) is 45.4 Å². The first kappa shape index (κ1) is 23.0. The molecule has 3 aromatic rings. The summed E-state index contributed by atoms with van der Waals surface area (Å²) in [5.41, 5.74) is 9.70. The molecule has 0 spiro atoms. The number of carbonyl (C=O) groups is 1. The van der Waals surface area contributed by atoms with Gasteiger partial charge in [0.15, 0.2) is 0 Å². The highest BCUT2D eigenvalue weighted by Crippen LogP contribution is 2.22. The summed E-state index contributed by atoms with van der Waals surface area (Å²) in [6.07, 6.45) is 0.158. The van der Waals surface area contributed by atoms with E-state index in [1.807, 2.05) is 65.8 Å². The lowest BCUT2D eigenvalue weighted by Crippen LogP contribution is -2.15. The maximum atomic E-state index is 12.2. The number of nitrogen functional groups attached to an aromatic ring is 1. The number of hydrogen-bond acceptors (Lipinski definition) is 4. The lowest BCUT2D eigenvalue weighted by molar-refractivity contribution is -0.115. The molecule has 150 valence electrons. The molecule has 0 radical (unpaired) electrons. The van der Waals surface area contributed by atoms with Crippen molar-refractivity contribution >= 4 is 17.3 Å². The molecule has 0 fully saturated rings. The molecule has 3 rings (SSSR count). The van der Waals surface area contributed by atoms with E-state index < -0.39 is 0 Å². The van der Waals surface area contributed by atoms with Gasteiger partial charge < -0.3 is 15.5 Å². The standard InChI is InChI=1S/C19H19N3O2.2C2H6/c1-12-3-5-14(6-4-12)19-22-17(13(2)24-19)11-18(23)21-16-9-7-15(20)8-10-16;2*1-2/h3-10H,11,20H2,1-2H3,(H,21,23);2*1-2H3. The Hall–Kier alpha value is -3.08. The van der Waals surface area contributed by atoms with E-state index in [9.17, 15) is 4.79 Å². The second-order valence-electron chi connectivity index (χ2n) is 5.73. The number of nitrogens with zero attached hydrogens (tertiary/aromatic N) is 1. The number of carbonyl (C=O) groups excluding carboxylic acids is 1. The van der Waals surface area contributed by atoms with Crippen LogP contribution in [0.4, 0.5) is 11.4 Å². The monoisotopic (exact) mass is 381 g/mol. The van der Waals surface area contributed by atoms with E-state index in [0.717, 1.165) is 5.56 Å². The van der Waals surface area contributed by atoms with Crippen LogP contribution < -0.4 is 11.1 Å². The highest BCUT2D eigenvalue weighted by atomic mass is 16.4. The van der Waals surface area contributed by atoms with Crippen LogP contribution in [0.1, 0.15) is 44.7 Å². The summed E-state index contributed by atoms with van der Waals surface area (Å²) in [4.78, 5) is 16.6. The van der Waals surface area contributed by atoms with Crippen molar-refractivity contribution in [2.45, 2.75) is 48.0 Å². The van der Waals surface area contributed by atoms with Crippen LogP contribution in [0.2, 0.25) is 0 Å². The zero-order chi connectivity index (χ0) is 21.1. The van der Waals surface area contributed by atoms with Crippen molar-refractivity contribution in [2.75, 3.05) is 11.1 Å². The van der Waals surface area contributed by atoms with Gasteiger partial charge in [-0.25, -0.2) is 4.98 Å². The van der Waals surface area contributed by atoms with Gasteiger partial charge in [0.2, 0.25) is 11.8 Å². The van der Waals surface area contributed by atoms with Crippen LogP contribution >= 0.6 is 0 Å². The third-order valence-corrected chi connectivity index (χ3v) is 3.71. The van der Waals surface area contributed by atoms with Crippen molar-refractivity contribution < 1.29 is 9.21 Å². The number of oxazole rings is 1. The van der Waals surface area contributed by atoms with Crippen LogP contribution in [0.5, 0.6) is 0 Å². The van der Waals surface area contributed by atoms with Gasteiger partial charge in [-0.2, -0.15) is 0 Å². The second-order valence-corrected chi connectivity index (χ2v) is 5.73. The van der Waals surface area contributed by atoms with Crippen LogP contribution in [0, 0.1) is 13.8 Å². The van der Waals surface area contributed by atoms with Gasteiger partial charge in [0, 0.05) is 16.9 Å². The van der Waals surface area contributed by atoms with E-state index in [4.69, 9.17) is 10.2 Å². The molecule has 3 N–H and O–H groups in total. The molecule has 0 aliphatic carbocycles. The number of nitrogens with one attached hydrogen (secondary N) is 1. The average molecular weight is 382 g/mol. The Morgan fingerprint density at radius 1 is 0.964 bits per heavy atom. The molecule has 1 aromatic heterocycles. The number of aryl methyl sites for hydroxylation is 2. The third-order valence-electron chi connectivity index (χ3n) is 3.71. The summed E-state index contributed by atoms with van der Waals surface area (Å²) in [5, 5.41) is 2.83. The van der Waals surface area contributed by atoms with E-state index in [-0.39, 0.29) is 12.3 Å². The Bertz CT molecular complexity index is 851. The fourth-order valence-corrected chi connectivity index (χ4v) is 2.34. The lowest BCUT2D eigenvalue weighted by atomic mass is 10.1. The molecular weight excluding hydrogens is 350 g/mol. The summed E-state index contributed by atoms with van der Waals surface area (Å²) in [6, 6.07) is 14.9. The molecule has 0 atom stereocenters. The van der Waals surface area contributed by atoms with E-state index in [1.165, 1.54) is 5.56 Å². The number of nitrogens with two attached hydrogens (primary N) is 1. The zero-order valence-electron chi connectivity index (χ0n) is 17.7. The molecule has 0 aliphatic rings. The minimum atomic E-state index is -0.147. The number of aromatic nitrogens is 1. The third kappa shape index (κ3) is 6.58. The molecule has 0 aliphatic heterocycles. The van der Waals surface area contributed by atoms with E-state index in [0.29, 0.717) is 28.7 Å². The van der Waals surface area contributed by atoms with Crippen molar-refractivity contribution in [1.29, 1.82) is 0 Å². The quantitative estimate of drug-likeness (QED) is 0.562. The summed E-state index contributed by atoms with van der Waals surface area (Å²) in [6.45, 7) is 11.8. The van der Waals surface area contributed by atoms with Crippen LogP contribution in [0.15, 0.2) is 52.9 Å². The number of benzene rings is 2. The minimum absolute atomic E-state index is 0.147. The normalized spacial score (nSPS) is 9.50. The van der Waals surface area contributed by atoms with Crippen molar-refractivity contribution in [3.05, 3.63) is 65.5 Å². The molecule has 1 amide bonds. The van der Waals surface area contributed by atoms with Gasteiger partial charge in [-0.3, -0.25) is 4.79 Å². The van der Waals surface area contributed by atoms with Crippen molar-refractivity contribution in [3.8, 4) is 11.5 Å². The number of rotatable bonds is 4. The first-order valence-electron chi connectivity index (χ1n) is 9.70. The molecule has 0 saturated carbocycles. The maximum absolute atomic E-state index is 12.2. The number of anilines is 2. The van der Waals surface area contributed by atoms with Gasteiger partial charge in [0.1, 0.15) is 5.76 Å². The highest BCUT2D eigenvalue weighted by molar-refractivity contribution is 5.92. The molecule has 5 heteroatoms. The molecular formula is C23H31N3O2. The topological polar surface area (TPSA) is 81.2 Å². The van der Waals surface area contributed by atoms with Crippen molar-refractivity contribution in [1.82, 2.24) is 4.98 Å². The van der Waals surface area contributed by atoms with Gasteiger partial charge in [0.05, 0.1) is 12.1 Å². The van der Waals surface area contributed by atoms with E-state index in [2.05, 4.69) is 10.3 Å². The fourth-order valence-electron chi connectivity index (χ4n) is 2.34. The van der Waals surface area contributed by atoms with Gasteiger partial charge in [0.25, 0.3) is 0 Å². The fraction of sp³-hybridized carbons (Fsp3) is 0.304. The molecule has 1 heterocycles. The predicted octanol–water partition coefficient (Wildman–Crippen LogP) is 5.77. The van der Waals surface area contributed by atoms with Crippen LogP contribution in [-0.4, -0.2) is 10.9 Å². The molecule has 2 aromatic carbocycles. The first-order chi connectivity index (χ1) is 13.5. The molecule has 0 bridgehead atoms. The van der Waals surface area contributed by atoms with Crippen molar-refractivity contribution in [2.24, 2.45) is 0 Å². The zero-order valence-corrected chi connectivity index (χ0v) is 17.7. The van der Waals surface area contributed by atoms with Crippen LogP contribution in [-0.2, 0) is 11.2 Å². The van der Waals surface area contributed by atoms with Gasteiger partial charge in [-0.15, -0.1) is 0 Å². The molecule has 0 saturated heterocycles. The number of amides is 1. The predicted molar refractivity (Wildman–Crippen MR) is 117 cm³/mol. The van der Waals surface area contributed by atoms with Gasteiger partial charge in [-0.05, 0) is 50.2 Å². The van der Waals surface area contributed by atoms with Crippen LogP contribution in [0.25, 0.3) is 11.5 Å². The summed E-state index contributed by atoms with van der Waals surface area (Å²) < 4.78 is 5.70. The van der Waals surface area contributed by atoms with Crippen molar-refractivity contribution in [3.63, 3.8) is 0 Å². The molecule has 5 nitrogen and oxygen atoms in total. The van der Waals surface area contributed by atoms with E-state index >= 15 is 0 Å². The Kier molecular flexibility index (Phi) is 9.51. The van der Waals surface area contributed by atoms with Crippen LogP contribution in [0.3, 0.4) is 0 Å². The number of hydrogen-bond donors (Lipinski definition) is 2. The second kappa shape index (κ2) is 11.6. The Morgan fingerprint density at radius 3 is 2.11 bits per heavy atom. The summed E-state index contributed by atoms with van der Waals surface area (Å²) in [7, 11) is 0. The largest absolute Gasteiger partial charge is 0.441 e. The maximum Gasteiger partial charge on any atom is 0.230 e. The van der Waals surface area contributed by atoms with Gasteiger partial charge >= 0.3 is 0 Å². The Labute approximate surface area is 168 Å². The highest BCUT2D eigenvalue weighted by Gasteiger charge is 2.14. The molecule has 0 unspecified atom stereocenters. The Balaban J connectivity index is 0.000000921. The summed E-state index contributed by atoms with van der Waals surface area (Å²) in [5.74, 6) is 1.03. The SMILES string of the molecule is CC.CC.Cc1ccc(-c2nc(CC(=O)Nc3ccc(N)cc3)c(C)o2)cc1. The average Bonchev–Trinajstić information content (AvgIpc) is 3.07. The Morgan fingerprint density at radius 2 is 1.54 bits per heavy atom.